The first-order valence-electron chi connectivity index (χ1n) is 9.22. The molecule has 0 amide bonds. The first kappa shape index (κ1) is 16.7. The number of aryl methyl sites for hydroxylation is 1. The molecule has 0 N–H and O–H groups in total. The highest BCUT2D eigenvalue weighted by molar-refractivity contribution is 5.53. The Morgan fingerprint density at radius 1 is 1.04 bits per heavy atom. The Hall–Kier alpha value is -1.76. The average molecular weight is 343 g/mol. The van der Waals surface area contributed by atoms with Gasteiger partial charge in [-0.2, -0.15) is 4.98 Å². The molecule has 6 heteroatoms. The summed E-state index contributed by atoms with van der Waals surface area (Å²) in [7, 11) is 0. The minimum absolute atomic E-state index is 0.0388. The second-order valence-electron chi connectivity index (χ2n) is 6.77. The summed E-state index contributed by atoms with van der Waals surface area (Å²) in [6.07, 6.45) is 4.22. The number of rotatable bonds is 6. The van der Waals surface area contributed by atoms with E-state index in [1.165, 1.54) is 0 Å². The molecule has 2 aliphatic rings. The average Bonchev–Trinajstić information content (AvgIpc) is 3.35. The van der Waals surface area contributed by atoms with Crippen LogP contribution in [0.5, 0.6) is 0 Å². The van der Waals surface area contributed by atoms with Gasteiger partial charge >= 0.3 is 0 Å². The molecule has 0 unspecified atom stereocenters. The minimum Gasteiger partial charge on any atom is -0.350 e. The molecule has 6 nitrogen and oxygen atoms in total. The lowest BCUT2D eigenvalue weighted by molar-refractivity contribution is -0.0973. The lowest BCUT2D eigenvalue weighted by Gasteiger charge is -2.33. The molecule has 4 rings (SSSR count). The summed E-state index contributed by atoms with van der Waals surface area (Å²) in [6.45, 7) is 4.81. The Labute approximate surface area is 148 Å². The molecule has 2 fully saturated rings. The predicted molar refractivity (Wildman–Crippen MR) is 92.9 cm³/mol. The summed E-state index contributed by atoms with van der Waals surface area (Å²) >= 11 is 0. The molecule has 0 saturated carbocycles. The number of aromatic nitrogens is 2. The normalized spacial score (nSPS) is 20.3. The van der Waals surface area contributed by atoms with Crippen molar-refractivity contribution in [3.8, 4) is 11.4 Å². The SMILES string of the molecule is c1ccc(-c2noc(CCCN3CCC(C4OCCO4)CC3)n2)cc1. The van der Waals surface area contributed by atoms with Crippen LogP contribution < -0.4 is 0 Å². The van der Waals surface area contributed by atoms with Crippen LogP contribution in [-0.2, 0) is 15.9 Å². The highest BCUT2D eigenvalue weighted by Gasteiger charge is 2.30. The van der Waals surface area contributed by atoms with Gasteiger partial charge in [-0.05, 0) is 38.9 Å². The van der Waals surface area contributed by atoms with Crippen molar-refractivity contribution in [1.82, 2.24) is 15.0 Å². The number of piperidine rings is 1. The maximum atomic E-state index is 5.64. The van der Waals surface area contributed by atoms with Crippen LogP contribution in [0.25, 0.3) is 11.4 Å². The van der Waals surface area contributed by atoms with E-state index in [0.29, 0.717) is 11.7 Å². The molecule has 25 heavy (non-hydrogen) atoms. The van der Waals surface area contributed by atoms with Gasteiger partial charge in [-0.3, -0.25) is 0 Å². The van der Waals surface area contributed by atoms with Crippen LogP contribution in [0.1, 0.15) is 25.2 Å². The van der Waals surface area contributed by atoms with Gasteiger partial charge in [0, 0.05) is 17.9 Å². The second-order valence-corrected chi connectivity index (χ2v) is 6.77. The molecule has 2 aliphatic heterocycles. The molecular formula is C19H25N3O3. The van der Waals surface area contributed by atoms with E-state index in [4.69, 9.17) is 14.0 Å². The van der Waals surface area contributed by atoms with Gasteiger partial charge < -0.3 is 18.9 Å². The van der Waals surface area contributed by atoms with Crippen LogP contribution in [-0.4, -0.2) is 54.2 Å². The van der Waals surface area contributed by atoms with E-state index in [0.717, 1.165) is 70.0 Å². The van der Waals surface area contributed by atoms with Crippen LogP contribution in [0.3, 0.4) is 0 Å². The van der Waals surface area contributed by atoms with Gasteiger partial charge in [-0.1, -0.05) is 35.5 Å². The van der Waals surface area contributed by atoms with E-state index in [-0.39, 0.29) is 6.29 Å². The van der Waals surface area contributed by atoms with Crippen molar-refractivity contribution in [2.45, 2.75) is 32.0 Å². The third-order valence-electron chi connectivity index (χ3n) is 5.03. The Morgan fingerprint density at radius 3 is 2.56 bits per heavy atom. The highest BCUT2D eigenvalue weighted by atomic mass is 16.7. The van der Waals surface area contributed by atoms with Gasteiger partial charge in [-0.15, -0.1) is 0 Å². The van der Waals surface area contributed by atoms with E-state index in [9.17, 15) is 0 Å². The zero-order valence-corrected chi connectivity index (χ0v) is 14.5. The molecule has 0 aliphatic carbocycles. The molecular weight excluding hydrogens is 318 g/mol. The van der Waals surface area contributed by atoms with Crippen LogP contribution in [0.15, 0.2) is 34.9 Å². The molecule has 0 radical (unpaired) electrons. The lowest BCUT2D eigenvalue weighted by atomic mass is 9.96. The molecule has 3 heterocycles. The van der Waals surface area contributed by atoms with Gasteiger partial charge in [0.2, 0.25) is 11.7 Å². The highest BCUT2D eigenvalue weighted by Crippen LogP contribution is 2.26. The fourth-order valence-corrected chi connectivity index (χ4v) is 3.61. The molecule has 134 valence electrons. The van der Waals surface area contributed by atoms with Crippen LogP contribution in [0.2, 0.25) is 0 Å². The van der Waals surface area contributed by atoms with E-state index in [2.05, 4.69) is 15.0 Å². The standard InChI is InChI=1S/C19H25N3O3/c1-2-5-15(6-3-1)18-20-17(25-21-18)7-4-10-22-11-8-16(9-12-22)19-23-13-14-24-19/h1-3,5-6,16,19H,4,7-14H2. The summed E-state index contributed by atoms with van der Waals surface area (Å²) < 4.78 is 16.7. The third-order valence-corrected chi connectivity index (χ3v) is 5.03. The molecule has 0 atom stereocenters. The first-order chi connectivity index (χ1) is 12.4. The Bertz CT molecular complexity index is 647. The number of ether oxygens (including phenoxy) is 2. The molecule has 2 aromatic rings. The first-order valence-corrected chi connectivity index (χ1v) is 9.22. The quantitative estimate of drug-likeness (QED) is 0.804. The summed E-state index contributed by atoms with van der Waals surface area (Å²) in [6, 6.07) is 9.94. The van der Waals surface area contributed by atoms with Gasteiger partial charge in [0.15, 0.2) is 6.29 Å². The lowest BCUT2D eigenvalue weighted by Crippen LogP contribution is -2.38. The summed E-state index contributed by atoms with van der Waals surface area (Å²) in [5.41, 5.74) is 0.996. The van der Waals surface area contributed by atoms with Crippen molar-refractivity contribution in [2.24, 2.45) is 5.92 Å². The molecule has 0 spiro atoms. The van der Waals surface area contributed by atoms with E-state index in [1.54, 1.807) is 0 Å². The van der Waals surface area contributed by atoms with Gasteiger partial charge in [0.1, 0.15) is 0 Å². The van der Waals surface area contributed by atoms with Crippen LogP contribution in [0, 0.1) is 5.92 Å². The van der Waals surface area contributed by atoms with E-state index < -0.39 is 0 Å². The maximum Gasteiger partial charge on any atom is 0.227 e. The van der Waals surface area contributed by atoms with Crippen LogP contribution >= 0.6 is 0 Å². The fourth-order valence-electron chi connectivity index (χ4n) is 3.61. The van der Waals surface area contributed by atoms with Crippen molar-refractivity contribution >= 4 is 0 Å². The van der Waals surface area contributed by atoms with Gasteiger partial charge in [0.25, 0.3) is 0 Å². The van der Waals surface area contributed by atoms with Crippen molar-refractivity contribution in [1.29, 1.82) is 0 Å². The topological polar surface area (TPSA) is 60.6 Å². The second kappa shape index (κ2) is 8.08. The predicted octanol–water partition coefficient (Wildman–Crippen LogP) is 2.75. The number of benzene rings is 1. The van der Waals surface area contributed by atoms with Crippen LogP contribution in [0.4, 0.5) is 0 Å². The number of likely N-dealkylation sites (tertiary alicyclic amines) is 1. The number of nitrogens with zero attached hydrogens (tertiary/aromatic N) is 3. The summed E-state index contributed by atoms with van der Waals surface area (Å²) in [4.78, 5) is 7.01. The summed E-state index contributed by atoms with van der Waals surface area (Å²) in [5.74, 6) is 1.96. The van der Waals surface area contributed by atoms with Crippen molar-refractivity contribution in [3.05, 3.63) is 36.2 Å². The molecule has 1 aromatic carbocycles. The Balaban J connectivity index is 1.19. The number of hydrogen-bond acceptors (Lipinski definition) is 6. The van der Waals surface area contributed by atoms with Gasteiger partial charge in [0.05, 0.1) is 13.2 Å². The van der Waals surface area contributed by atoms with E-state index >= 15 is 0 Å². The van der Waals surface area contributed by atoms with E-state index in [1.807, 2.05) is 30.3 Å². The zero-order valence-electron chi connectivity index (χ0n) is 14.5. The number of hydrogen-bond donors (Lipinski definition) is 0. The molecule has 0 bridgehead atoms. The smallest absolute Gasteiger partial charge is 0.227 e. The Morgan fingerprint density at radius 2 is 1.80 bits per heavy atom. The summed E-state index contributed by atoms with van der Waals surface area (Å²) in [5, 5.41) is 4.08. The largest absolute Gasteiger partial charge is 0.350 e. The fraction of sp³-hybridized carbons (Fsp3) is 0.579. The minimum atomic E-state index is 0.0388. The molecule has 1 aromatic heterocycles. The Kier molecular flexibility index (Phi) is 5.40. The molecule has 2 saturated heterocycles. The maximum absolute atomic E-state index is 5.64. The van der Waals surface area contributed by atoms with Crippen molar-refractivity contribution in [2.75, 3.05) is 32.8 Å². The monoisotopic (exact) mass is 343 g/mol. The van der Waals surface area contributed by atoms with Gasteiger partial charge in [-0.25, -0.2) is 0 Å². The van der Waals surface area contributed by atoms with Crippen molar-refractivity contribution in [3.63, 3.8) is 0 Å². The van der Waals surface area contributed by atoms with Crippen molar-refractivity contribution < 1.29 is 14.0 Å². The third kappa shape index (κ3) is 4.26. The zero-order chi connectivity index (χ0) is 16.9.